The van der Waals surface area contributed by atoms with Gasteiger partial charge in [-0.15, -0.1) is 5.10 Å². The Morgan fingerprint density at radius 3 is 2.65 bits per heavy atom. The summed E-state index contributed by atoms with van der Waals surface area (Å²) in [6, 6.07) is 11.9. The van der Waals surface area contributed by atoms with E-state index < -0.39 is 0 Å². The standard InChI is InChI=1S/C16H15N7/c1-11-10-13(20-22(11)2)18-16-19-15-14(12-6-4-3-5-7-12)17-8-9-23(15)21-16/h3-10H,1-2H3,(H,18,20,21). The maximum absolute atomic E-state index is 4.55. The average molecular weight is 305 g/mol. The second-order valence-corrected chi connectivity index (χ2v) is 5.27. The Morgan fingerprint density at radius 2 is 1.91 bits per heavy atom. The van der Waals surface area contributed by atoms with E-state index in [4.69, 9.17) is 0 Å². The van der Waals surface area contributed by atoms with Gasteiger partial charge < -0.3 is 5.32 Å². The summed E-state index contributed by atoms with van der Waals surface area (Å²) < 4.78 is 3.52. The predicted octanol–water partition coefficient (Wildman–Crippen LogP) is 2.58. The van der Waals surface area contributed by atoms with Crippen molar-refractivity contribution in [3.63, 3.8) is 0 Å². The van der Waals surface area contributed by atoms with Crippen LogP contribution in [0, 0.1) is 6.92 Å². The third kappa shape index (κ3) is 2.42. The number of anilines is 2. The highest BCUT2D eigenvalue weighted by Gasteiger charge is 2.12. The first-order valence-corrected chi connectivity index (χ1v) is 7.25. The van der Waals surface area contributed by atoms with Gasteiger partial charge in [0.15, 0.2) is 11.5 Å². The molecule has 0 bridgehead atoms. The van der Waals surface area contributed by atoms with Crippen LogP contribution in [-0.4, -0.2) is 29.4 Å². The molecule has 0 spiro atoms. The van der Waals surface area contributed by atoms with Crippen LogP contribution < -0.4 is 5.32 Å². The first-order chi connectivity index (χ1) is 11.2. The molecule has 3 heterocycles. The number of aromatic nitrogens is 6. The molecular weight excluding hydrogens is 290 g/mol. The van der Waals surface area contributed by atoms with Crippen LogP contribution in [0.3, 0.4) is 0 Å². The molecule has 0 amide bonds. The van der Waals surface area contributed by atoms with E-state index in [9.17, 15) is 0 Å². The summed E-state index contributed by atoms with van der Waals surface area (Å²) in [6.45, 7) is 1.99. The van der Waals surface area contributed by atoms with E-state index in [2.05, 4.69) is 25.5 Å². The quantitative estimate of drug-likeness (QED) is 0.630. The summed E-state index contributed by atoms with van der Waals surface area (Å²) in [5.41, 5.74) is 3.56. The van der Waals surface area contributed by atoms with Gasteiger partial charge in [0.25, 0.3) is 0 Å². The Kier molecular flexibility index (Phi) is 3.04. The molecular formula is C16H15N7. The number of hydrogen-bond donors (Lipinski definition) is 1. The minimum Gasteiger partial charge on any atom is -0.306 e. The zero-order chi connectivity index (χ0) is 15.8. The summed E-state index contributed by atoms with van der Waals surface area (Å²) in [5.74, 6) is 1.21. The van der Waals surface area contributed by atoms with Crippen LogP contribution in [0.2, 0.25) is 0 Å². The van der Waals surface area contributed by atoms with Gasteiger partial charge in [0.1, 0.15) is 5.69 Å². The summed E-state index contributed by atoms with van der Waals surface area (Å²) in [7, 11) is 1.90. The topological polar surface area (TPSA) is 72.9 Å². The summed E-state index contributed by atoms with van der Waals surface area (Å²) in [6.07, 6.45) is 3.50. The molecule has 0 unspecified atom stereocenters. The summed E-state index contributed by atoms with van der Waals surface area (Å²) >= 11 is 0. The van der Waals surface area contributed by atoms with Gasteiger partial charge in [0, 0.05) is 36.8 Å². The van der Waals surface area contributed by atoms with E-state index in [1.165, 1.54) is 0 Å². The lowest BCUT2D eigenvalue weighted by Crippen LogP contribution is -1.96. The van der Waals surface area contributed by atoms with Crippen LogP contribution in [0.15, 0.2) is 48.8 Å². The van der Waals surface area contributed by atoms with Gasteiger partial charge in [-0.3, -0.25) is 9.67 Å². The van der Waals surface area contributed by atoms with Crippen molar-refractivity contribution in [3.05, 3.63) is 54.5 Å². The van der Waals surface area contributed by atoms with Crippen molar-refractivity contribution in [2.75, 3.05) is 5.32 Å². The fourth-order valence-electron chi connectivity index (χ4n) is 2.41. The highest BCUT2D eigenvalue weighted by Crippen LogP contribution is 2.22. The highest BCUT2D eigenvalue weighted by atomic mass is 15.4. The normalized spacial score (nSPS) is 11.0. The van der Waals surface area contributed by atoms with Crippen molar-refractivity contribution >= 4 is 17.4 Å². The van der Waals surface area contributed by atoms with Crippen LogP contribution in [0.1, 0.15) is 5.69 Å². The number of nitrogens with zero attached hydrogens (tertiary/aromatic N) is 6. The Hall–Kier alpha value is -3.22. The Morgan fingerprint density at radius 1 is 1.09 bits per heavy atom. The van der Waals surface area contributed by atoms with Crippen molar-refractivity contribution in [2.24, 2.45) is 7.05 Å². The van der Waals surface area contributed by atoms with Gasteiger partial charge in [-0.1, -0.05) is 30.3 Å². The van der Waals surface area contributed by atoms with E-state index >= 15 is 0 Å². The molecule has 0 radical (unpaired) electrons. The molecule has 0 saturated heterocycles. The van der Waals surface area contributed by atoms with E-state index in [0.29, 0.717) is 11.6 Å². The summed E-state index contributed by atoms with van der Waals surface area (Å²) in [5, 5.41) is 11.9. The predicted molar refractivity (Wildman–Crippen MR) is 87.4 cm³/mol. The van der Waals surface area contributed by atoms with Gasteiger partial charge in [-0.25, -0.2) is 4.52 Å². The highest BCUT2D eigenvalue weighted by molar-refractivity contribution is 5.74. The van der Waals surface area contributed by atoms with Gasteiger partial charge in [-0.05, 0) is 6.92 Å². The number of fused-ring (bicyclic) bond motifs is 1. The lowest BCUT2D eigenvalue weighted by molar-refractivity contribution is 0.742. The molecule has 0 aliphatic carbocycles. The van der Waals surface area contributed by atoms with Gasteiger partial charge in [0.05, 0.1) is 0 Å². The monoisotopic (exact) mass is 305 g/mol. The van der Waals surface area contributed by atoms with Crippen molar-refractivity contribution in [1.82, 2.24) is 29.4 Å². The Bertz CT molecular complexity index is 949. The minimum atomic E-state index is 0.494. The largest absolute Gasteiger partial charge is 0.306 e. The number of benzene rings is 1. The van der Waals surface area contributed by atoms with Crippen LogP contribution >= 0.6 is 0 Å². The van der Waals surface area contributed by atoms with Crippen molar-refractivity contribution in [3.8, 4) is 11.3 Å². The molecule has 4 rings (SSSR count). The fourth-order valence-corrected chi connectivity index (χ4v) is 2.41. The number of rotatable bonds is 3. The molecule has 1 N–H and O–H groups in total. The molecule has 0 fully saturated rings. The molecule has 1 aromatic carbocycles. The zero-order valence-corrected chi connectivity index (χ0v) is 12.8. The van der Waals surface area contributed by atoms with Crippen molar-refractivity contribution in [2.45, 2.75) is 6.92 Å². The first-order valence-electron chi connectivity index (χ1n) is 7.25. The number of nitrogens with one attached hydrogen (secondary N) is 1. The second kappa shape index (κ2) is 5.20. The second-order valence-electron chi connectivity index (χ2n) is 5.27. The first kappa shape index (κ1) is 13.4. The van der Waals surface area contributed by atoms with E-state index in [0.717, 1.165) is 22.8 Å². The zero-order valence-electron chi connectivity index (χ0n) is 12.8. The third-order valence-corrected chi connectivity index (χ3v) is 3.66. The Labute approximate surface area is 132 Å². The molecule has 114 valence electrons. The smallest absolute Gasteiger partial charge is 0.248 e. The van der Waals surface area contributed by atoms with Gasteiger partial charge >= 0.3 is 0 Å². The van der Waals surface area contributed by atoms with Crippen LogP contribution in [0.5, 0.6) is 0 Å². The molecule has 0 aliphatic heterocycles. The van der Waals surface area contributed by atoms with E-state index in [-0.39, 0.29) is 0 Å². The average Bonchev–Trinajstić information content (AvgIpc) is 3.10. The maximum Gasteiger partial charge on any atom is 0.248 e. The summed E-state index contributed by atoms with van der Waals surface area (Å²) in [4.78, 5) is 9.00. The number of aryl methyl sites for hydroxylation is 2. The molecule has 7 heteroatoms. The molecule has 23 heavy (non-hydrogen) atoms. The van der Waals surface area contributed by atoms with Gasteiger partial charge in [-0.2, -0.15) is 10.1 Å². The molecule has 0 aliphatic rings. The van der Waals surface area contributed by atoms with Crippen LogP contribution in [-0.2, 0) is 7.05 Å². The SMILES string of the molecule is Cc1cc(Nc2nc3c(-c4ccccc4)nccn3n2)nn1C. The van der Waals surface area contributed by atoms with E-state index in [1.807, 2.05) is 50.4 Å². The minimum absolute atomic E-state index is 0.494. The van der Waals surface area contributed by atoms with E-state index in [1.54, 1.807) is 21.6 Å². The third-order valence-electron chi connectivity index (χ3n) is 3.66. The molecule has 7 nitrogen and oxygen atoms in total. The van der Waals surface area contributed by atoms with Crippen molar-refractivity contribution < 1.29 is 0 Å². The lowest BCUT2D eigenvalue weighted by atomic mass is 10.1. The lowest BCUT2D eigenvalue weighted by Gasteiger charge is -2.00. The van der Waals surface area contributed by atoms with Crippen LogP contribution in [0.25, 0.3) is 16.9 Å². The Balaban J connectivity index is 1.76. The molecule has 0 atom stereocenters. The molecule has 3 aromatic heterocycles. The van der Waals surface area contributed by atoms with Crippen molar-refractivity contribution in [1.29, 1.82) is 0 Å². The molecule has 0 saturated carbocycles. The fraction of sp³-hybridized carbons (Fsp3) is 0.125. The molecule has 4 aromatic rings. The number of hydrogen-bond acceptors (Lipinski definition) is 5. The maximum atomic E-state index is 4.55. The van der Waals surface area contributed by atoms with Gasteiger partial charge in [0.2, 0.25) is 5.95 Å². The van der Waals surface area contributed by atoms with Crippen LogP contribution in [0.4, 0.5) is 11.8 Å².